The SMILES string of the molecule is CC1CN(C(=O)OC(C)(C)C)CCN1C(C)c1ccccn1. The van der Waals surface area contributed by atoms with Gasteiger partial charge in [0.2, 0.25) is 0 Å². The van der Waals surface area contributed by atoms with Crippen LogP contribution in [0.25, 0.3) is 0 Å². The molecule has 0 N–H and O–H groups in total. The summed E-state index contributed by atoms with van der Waals surface area (Å²) in [6.45, 7) is 12.2. The number of hydrogen-bond acceptors (Lipinski definition) is 4. The molecule has 122 valence electrons. The topological polar surface area (TPSA) is 45.7 Å². The van der Waals surface area contributed by atoms with E-state index in [-0.39, 0.29) is 18.2 Å². The van der Waals surface area contributed by atoms with Gasteiger partial charge in [-0.25, -0.2) is 4.79 Å². The van der Waals surface area contributed by atoms with Crippen LogP contribution >= 0.6 is 0 Å². The molecule has 1 aliphatic heterocycles. The number of nitrogens with zero attached hydrogens (tertiary/aromatic N) is 3. The normalized spacial score (nSPS) is 21.5. The van der Waals surface area contributed by atoms with Crippen molar-refractivity contribution in [1.29, 1.82) is 0 Å². The zero-order valence-corrected chi connectivity index (χ0v) is 14.2. The fraction of sp³-hybridized carbons (Fsp3) is 0.647. The van der Waals surface area contributed by atoms with Crippen molar-refractivity contribution in [2.75, 3.05) is 19.6 Å². The van der Waals surface area contributed by atoms with Crippen LogP contribution < -0.4 is 0 Å². The van der Waals surface area contributed by atoms with Crippen LogP contribution in [0.15, 0.2) is 24.4 Å². The molecule has 1 aliphatic rings. The van der Waals surface area contributed by atoms with E-state index >= 15 is 0 Å². The van der Waals surface area contributed by atoms with Gasteiger partial charge >= 0.3 is 6.09 Å². The Bertz CT molecular complexity index is 498. The molecule has 1 aromatic heterocycles. The summed E-state index contributed by atoms with van der Waals surface area (Å²) in [5, 5.41) is 0. The molecule has 1 amide bonds. The molecule has 1 saturated heterocycles. The molecule has 2 rings (SSSR count). The van der Waals surface area contributed by atoms with Crippen molar-refractivity contribution in [2.45, 2.75) is 52.3 Å². The molecule has 5 heteroatoms. The van der Waals surface area contributed by atoms with E-state index in [1.165, 1.54) is 0 Å². The van der Waals surface area contributed by atoms with Crippen LogP contribution in [-0.4, -0.2) is 52.2 Å². The van der Waals surface area contributed by atoms with E-state index in [1.807, 2.05) is 39.1 Å². The van der Waals surface area contributed by atoms with Crippen LogP contribution in [0, 0.1) is 0 Å². The van der Waals surface area contributed by atoms with Crippen LogP contribution in [-0.2, 0) is 4.74 Å². The third kappa shape index (κ3) is 4.19. The lowest BCUT2D eigenvalue weighted by molar-refractivity contribution is -0.00103. The molecule has 0 bridgehead atoms. The molecule has 0 radical (unpaired) electrons. The minimum Gasteiger partial charge on any atom is -0.444 e. The highest BCUT2D eigenvalue weighted by Crippen LogP contribution is 2.24. The number of piperazine rings is 1. The third-order valence-corrected chi connectivity index (χ3v) is 3.94. The Kier molecular flexibility index (Phi) is 5.06. The van der Waals surface area contributed by atoms with Crippen LogP contribution in [0.1, 0.15) is 46.4 Å². The highest BCUT2D eigenvalue weighted by molar-refractivity contribution is 5.68. The Hall–Kier alpha value is -1.62. The number of ether oxygens (including phenoxy) is 1. The molecule has 22 heavy (non-hydrogen) atoms. The fourth-order valence-corrected chi connectivity index (χ4v) is 2.83. The summed E-state index contributed by atoms with van der Waals surface area (Å²) >= 11 is 0. The van der Waals surface area contributed by atoms with Crippen molar-refractivity contribution in [3.05, 3.63) is 30.1 Å². The molecule has 0 spiro atoms. The second-order valence-corrected chi connectivity index (χ2v) is 6.94. The van der Waals surface area contributed by atoms with Gasteiger partial charge in [-0.1, -0.05) is 6.07 Å². The number of carbonyl (C=O) groups excluding carboxylic acids is 1. The van der Waals surface area contributed by atoms with E-state index in [2.05, 4.69) is 29.8 Å². The van der Waals surface area contributed by atoms with E-state index in [1.54, 1.807) is 4.90 Å². The number of rotatable bonds is 2. The van der Waals surface area contributed by atoms with E-state index in [4.69, 9.17) is 4.74 Å². The monoisotopic (exact) mass is 305 g/mol. The maximum absolute atomic E-state index is 12.2. The number of aromatic nitrogens is 1. The molecule has 2 atom stereocenters. The number of hydrogen-bond donors (Lipinski definition) is 0. The maximum atomic E-state index is 12.2. The van der Waals surface area contributed by atoms with E-state index in [0.717, 1.165) is 12.2 Å². The summed E-state index contributed by atoms with van der Waals surface area (Å²) in [4.78, 5) is 20.8. The van der Waals surface area contributed by atoms with Gasteiger partial charge in [0.05, 0.1) is 5.69 Å². The van der Waals surface area contributed by atoms with Gasteiger partial charge in [-0.05, 0) is 46.8 Å². The molecule has 1 aromatic rings. The molecular formula is C17H27N3O2. The maximum Gasteiger partial charge on any atom is 0.410 e. The highest BCUT2D eigenvalue weighted by atomic mass is 16.6. The first-order chi connectivity index (χ1) is 10.3. The van der Waals surface area contributed by atoms with Gasteiger partial charge in [-0.15, -0.1) is 0 Å². The van der Waals surface area contributed by atoms with Crippen molar-refractivity contribution in [3.8, 4) is 0 Å². The summed E-state index contributed by atoms with van der Waals surface area (Å²) in [5.74, 6) is 0. The van der Waals surface area contributed by atoms with Crippen molar-refractivity contribution in [3.63, 3.8) is 0 Å². The Balaban J connectivity index is 1.97. The molecule has 5 nitrogen and oxygen atoms in total. The third-order valence-electron chi connectivity index (χ3n) is 3.94. The first-order valence-electron chi connectivity index (χ1n) is 7.92. The molecule has 0 aromatic carbocycles. The summed E-state index contributed by atoms with van der Waals surface area (Å²) in [6, 6.07) is 6.52. The Labute approximate surface area is 133 Å². The highest BCUT2D eigenvalue weighted by Gasteiger charge is 2.32. The van der Waals surface area contributed by atoms with Crippen LogP contribution in [0.5, 0.6) is 0 Å². The predicted octanol–water partition coefficient (Wildman–Crippen LogP) is 3.08. The largest absolute Gasteiger partial charge is 0.444 e. The lowest BCUT2D eigenvalue weighted by Crippen LogP contribution is -2.54. The van der Waals surface area contributed by atoms with Gasteiger partial charge in [-0.2, -0.15) is 0 Å². The second-order valence-electron chi connectivity index (χ2n) is 6.94. The molecule has 0 aliphatic carbocycles. The minimum absolute atomic E-state index is 0.218. The second kappa shape index (κ2) is 6.65. The Morgan fingerprint density at radius 1 is 1.36 bits per heavy atom. The quantitative estimate of drug-likeness (QED) is 0.842. The zero-order chi connectivity index (χ0) is 16.3. The summed E-state index contributed by atoms with van der Waals surface area (Å²) < 4.78 is 5.46. The molecule has 2 unspecified atom stereocenters. The zero-order valence-electron chi connectivity index (χ0n) is 14.2. The van der Waals surface area contributed by atoms with Crippen molar-refractivity contribution >= 4 is 6.09 Å². The van der Waals surface area contributed by atoms with Gasteiger partial charge < -0.3 is 9.64 Å². The lowest BCUT2D eigenvalue weighted by atomic mass is 10.1. The van der Waals surface area contributed by atoms with Gasteiger partial charge in [0.25, 0.3) is 0 Å². The van der Waals surface area contributed by atoms with E-state index in [9.17, 15) is 4.79 Å². The molecule has 2 heterocycles. The van der Waals surface area contributed by atoms with E-state index < -0.39 is 5.60 Å². The predicted molar refractivity (Wildman–Crippen MR) is 86.6 cm³/mol. The number of pyridine rings is 1. The van der Waals surface area contributed by atoms with Crippen molar-refractivity contribution < 1.29 is 9.53 Å². The standard InChI is InChI=1S/C17H27N3O2/c1-13-12-19(16(21)22-17(3,4)5)10-11-20(13)14(2)15-8-6-7-9-18-15/h6-9,13-14H,10-12H2,1-5H3. The fourth-order valence-electron chi connectivity index (χ4n) is 2.83. The summed E-state index contributed by atoms with van der Waals surface area (Å²) in [6.07, 6.45) is 1.61. The smallest absolute Gasteiger partial charge is 0.410 e. The number of amides is 1. The van der Waals surface area contributed by atoms with Crippen LogP contribution in [0.3, 0.4) is 0 Å². The van der Waals surface area contributed by atoms with Crippen LogP contribution in [0.2, 0.25) is 0 Å². The first-order valence-corrected chi connectivity index (χ1v) is 7.92. The molecule has 1 fully saturated rings. The Morgan fingerprint density at radius 2 is 2.09 bits per heavy atom. The van der Waals surface area contributed by atoms with E-state index in [0.29, 0.717) is 13.1 Å². The molecular weight excluding hydrogens is 278 g/mol. The average molecular weight is 305 g/mol. The summed E-state index contributed by atoms with van der Waals surface area (Å²) in [7, 11) is 0. The van der Waals surface area contributed by atoms with Crippen molar-refractivity contribution in [2.24, 2.45) is 0 Å². The minimum atomic E-state index is -0.446. The van der Waals surface area contributed by atoms with Crippen molar-refractivity contribution in [1.82, 2.24) is 14.8 Å². The Morgan fingerprint density at radius 3 is 2.64 bits per heavy atom. The summed E-state index contributed by atoms with van der Waals surface area (Å²) in [5.41, 5.74) is 0.624. The lowest BCUT2D eigenvalue weighted by Gasteiger charge is -2.42. The average Bonchev–Trinajstić information content (AvgIpc) is 2.45. The first kappa shape index (κ1) is 16.7. The van der Waals surface area contributed by atoms with Gasteiger partial charge in [-0.3, -0.25) is 9.88 Å². The van der Waals surface area contributed by atoms with Gasteiger partial charge in [0.1, 0.15) is 5.60 Å². The molecule has 0 saturated carbocycles. The van der Waals surface area contributed by atoms with Crippen LogP contribution in [0.4, 0.5) is 4.79 Å². The van der Waals surface area contributed by atoms with Gasteiger partial charge in [0, 0.05) is 37.9 Å². The number of carbonyl (C=O) groups is 1. The van der Waals surface area contributed by atoms with Gasteiger partial charge in [0.15, 0.2) is 0 Å².